The molecule has 126 valence electrons. The molecule has 0 aliphatic heterocycles. The van der Waals surface area contributed by atoms with Crippen molar-refractivity contribution in [2.24, 2.45) is 0 Å². The van der Waals surface area contributed by atoms with Crippen LogP contribution in [0.4, 0.5) is 0 Å². The molecule has 0 fully saturated rings. The molecule has 0 N–H and O–H groups in total. The van der Waals surface area contributed by atoms with Crippen molar-refractivity contribution >= 4 is 21.5 Å². The third-order valence-electron chi connectivity index (χ3n) is 5.06. The molecule has 3 rings (SSSR count). The highest BCUT2D eigenvalue weighted by Crippen LogP contribution is 2.26. The molecule has 0 unspecified atom stereocenters. The first kappa shape index (κ1) is 17.0. The minimum atomic E-state index is 1.21. The summed E-state index contributed by atoms with van der Waals surface area (Å²) < 4.78 is 0. The zero-order valence-corrected chi connectivity index (χ0v) is 15.3. The Hall–Kier alpha value is -1.82. The molecule has 0 heterocycles. The van der Waals surface area contributed by atoms with Gasteiger partial charge in [-0.05, 0) is 70.5 Å². The van der Waals surface area contributed by atoms with E-state index in [4.69, 9.17) is 0 Å². The van der Waals surface area contributed by atoms with E-state index in [2.05, 4.69) is 62.4 Å². The quantitative estimate of drug-likeness (QED) is 0.299. The van der Waals surface area contributed by atoms with Crippen molar-refractivity contribution in [2.45, 2.75) is 65.2 Å². The first-order chi connectivity index (χ1) is 11.8. The van der Waals surface area contributed by atoms with Gasteiger partial charge in [0.25, 0.3) is 0 Å². The van der Waals surface area contributed by atoms with E-state index in [1.807, 2.05) is 0 Å². The Balaban J connectivity index is 1.87. The Morgan fingerprint density at radius 3 is 1.42 bits per heavy atom. The Morgan fingerprint density at radius 1 is 0.500 bits per heavy atom. The van der Waals surface area contributed by atoms with Crippen LogP contribution in [-0.2, 0) is 12.8 Å². The van der Waals surface area contributed by atoms with Crippen LogP contribution in [-0.4, -0.2) is 0 Å². The third kappa shape index (κ3) is 4.17. The minimum absolute atomic E-state index is 1.21. The molecule has 0 aromatic heterocycles. The average molecular weight is 319 g/mol. The van der Waals surface area contributed by atoms with Gasteiger partial charge < -0.3 is 0 Å². The monoisotopic (exact) mass is 318 g/mol. The molecule has 0 radical (unpaired) electrons. The van der Waals surface area contributed by atoms with Gasteiger partial charge in [-0.25, -0.2) is 0 Å². The lowest BCUT2D eigenvalue weighted by Crippen LogP contribution is -1.88. The Kier molecular flexibility index (Phi) is 5.91. The van der Waals surface area contributed by atoms with Gasteiger partial charge in [0.1, 0.15) is 0 Å². The molecule has 0 spiro atoms. The second-order valence-corrected chi connectivity index (χ2v) is 7.13. The second kappa shape index (κ2) is 8.33. The summed E-state index contributed by atoms with van der Waals surface area (Å²) in [5.74, 6) is 0. The molecule has 0 nitrogen and oxygen atoms in total. The number of rotatable bonds is 8. The number of benzene rings is 3. The summed E-state index contributed by atoms with van der Waals surface area (Å²) in [4.78, 5) is 0. The zero-order valence-electron chi connectivity index (χ0n) is 15.3. The Morgan fingerprint density at radius 2 is 0.958 bits per heavy atom. The number of hydrogen-bond donors (Lipinski definition) is 0. The fourth-order valence-electron chi connectivity index (χ4n) is 3.57. The summed E-state index contributed by atoms with van der Waals surface area (Å²) in [5.41, 5.74) is 2.96. The van der Waals surface area contributed by atoms with Gasteiger partial charge in [0.15, 0.2) is 0 Å². The van der Waals surface area contributed by atoms with E-state index in [1.54, 1.807) is 0 Å². The zero-order chi connectivity index (χ0) is 16.8. The van der Waals surface area contributed by atoms with E-state index in [0.29, 0.717) is 0 Å². The Bertz CT molecular complexity index is 733. The molecule has 3 aromatic carbocycles. The largest absolute Gasteiger partial charge is 0.0654 e. The first-order valence-electron chi connectivity index (χ1n) is 9.75. The van der Waals surface area contributed by atoms with E-state index < -0.39 is 0 Å². The lowest BCUT2D eigenvalue weighted by atomic mass is 9.97. The summed E-state index contributed by atoms with van der Waals surface area (Å²) in [7, 11) is 0. The van der Waals surface area contributed by atoms with E-state index in [-0.39, 0.29) is 0 Å². The van der Waals surface area contributed by atoms with Gasteiger partial charge in [-0.3, -0.25) is 0 Å². The van der Waals surface area contributed by atoms with Crippen molar-refractivity contribution in [1.29, 1.82) is 0 Å². The van der Waals surface area contributed by atoms with Crippen LogP contribution >= 0.6 is 0 Å². The molecular formula is C24H30. The minimum Gasteiger partial charge on any atom is -0.0654 e. The number of unbranched alkanes of at least 4 members (excludes halogenated alkanes) is 4. The van der Waals surface area contributed by atoms with Crippen molar-refractivity contribution in [3.05, 3.63) is 59.7 Å². The molecule has 24 heavy (non-hydrogen) atoms. The van der Waals surface area contributed by atoms with Crippen LogP contribution in [0.2, 0.25) is 0 Å². The predicted octanol–water partition coefficient (Wildman–Crippen LogP) is 7.46. The van der Waals surface area contributed by atoms with Gasteiger partial charge in [0.05, 0.1) is 0 Å². The van der Waals surface area contributed by atoms with Crippen LogP contribution in [0.25, 0.3) is 21.5 Å². The molecule has 0 amide bonds. The fourth-order valence-corrected chi connectivity index (χ4v) is 3.57. The lowest BCUT2D eigenvalue weighted by Gasteiger charge is -2.08. The smallest absolute Gasteiger partial charge is 0.0175 e. The van der Waals surface area contributed by atoms with Crippen LogP contribution in [0.15, 0.2) is 48.5 Å². The van der Waals surface area contributed by atoms with Crippen molar-refractivity contribution < 1.29 is 0 Å². The standard InChI is InChI=1S/C24H30/c1-3-5-7-9-19-11-13-21-17-22-14-12-20(10-8-6-4-2)16-24(22)18-23(21)15-19/h11-18H,3-10H2,1-2H3. The maximum absolute atomic E-state index is 2.40. The molecule has 0 aliphatic carbocycles. The SMILES string of the molecule is CCCCCc1ccc2cc3ccc(CCCCC)cc3cc2c1. The molecule has 0 saturated carbocycles. The van der Waals surface area contributed by atoms with Crippen LogP contribution in [0.3, 0.4) is 0 Å². The fraction of sp³-hybridized carbons (Fsp3) is 0.417. The molecular weight excluding hydrogens is 288 g/mol. The summed E-state index contributed by atoms with van der Waals surface area (Å²) >= 11 is 0. The highest BCUT2D eigenvalue weighted by molar-refractivity contribution is 5.98. The summed E-state index contributed by atoms with van der Waals surface area (Å²) in [6.45, 7) is 4.54. The van der Waals surface area contributed by atoms with Crippen LogP contribution in [0.1, 0.15) is 63.5 Å². The van der Waals surface area contributed by atoms with Crippen molar-refractivity contribution in [2.75, 3.05) is 0 Å². The topological polar surface area (TPSA) is 0 Å². The van der Waals surface area contributed by atoms with Crippen molar-refractivity contribution in [1.82, 2.24) is 0 Å². The molecule has 0 aliphatic rings. The van der Waals surface area contributed by atoms with Gasteiger partial charge in [0, 0.05) is 0 Å². The second-order valence-electron chi connectivity index (χ2n) is 7.13. The predicted molar refractivity (Wildman–Crippen MR) is 108 cm³/mol. The highest BCUT2D eigenvalue weighted by atomic mass is 14.1. The normalized spacial score (nSPS) is 11.4. The summed E-state index contributed by atoms with van der Waals surface area (Å²) in [5, 5.41) is 5.50. The number of fused-ring (bicyclic) bond motifs is 2. The molecule has 0 bridgehead atoms. The van der Waals surface area contributed by atoms with Crippen LogP contribution in [0.5, 0.6) is 0 Å². The van der Waals surface area contributed by atoms with E-state index in [9.17, 15) is 0 Å². The van der Waals surface area contributed by atoms with E-state index in [1.165, 1.54) is 84.0 Å². The van der Waals surface area contributed by atoms with Gasteiger partial charge in [-0.2, -0.15) is 0 Å². The Labute approximate surface area is 146 Å². The molecule has 3 aromatic rings. The van der Waals surface area contributed by atoms with Crippen molar-refractivity contribution in [3.63, 3.8) is 0 Å². The van der Waals surface area contributed by atoms with Gasteiger partial charge in [0.2, 0.25) is 0 Å². The van der Waals surface area contributed by atoms with Crippen LogP contribution in [0, 0.1) is 0 Å². The number of hydrogen-bond acceptors (Lipinski definition) is 0. The van der Waals surface area contributed by atoms with E-state index >= 15 is 0 Å². The number of aryl methyl sites for hydroxylation is 2. The average Bonchev–Trinajstić information content (AvgIpc) is 2.60. The maximum atomic E-state index is 2.40. The summed E-state index contributed by atoms with van der Waals surface area (Å²) in [6.07, 6.45) is 10.3. The maximum Gasteiger partial charge on any atom is -0.0175 e. The first-order valence-corrected chi connectivity index (χ1v) is 9.75. The van der Waals surface area contributed by atoms with Gasteiger partial charge in [-0.1, -0.05) is 75.9 Å². The molecule has 0 heteroatoms. The van der Waals surface area contributed by atoms with E-state index in [0.717, 1.165) is 0 Å². The third-order valence-corrected chi connectivity index (χ3v) is 5.06. The lowest BCUT2D eigenvalue weighted by molar-refractivity contribution is 0.718. The van der Waals surface area contributed by atoms with Crippen LogP contribution < -0.4 is 0 Å². The highest BCUT2D eigenvalue weighted by Gasteiger charge is 2.02. The molecule has 0 atom stereocenters. The molecule has 0 saturated heterocycles. The van der Waals surface area contributed by atoms with Crippen molar-refractivity contribution in [3.8, 4) is 0 Å². The van der Waals surface area contributed by atoms with Gasteiger partial charge >= 0.3 is 0 Å². The van der Waals surface area contributed by atoms with Gasteiger partial charge in [-0.15, -0.1) is 0 Å². The summed E-state index contributed by atoms with van der Waals surface area (Å²) in [6, 6.07) is 18.7.